The average Bonchev–Trinajstić information content (AvgIpc) is 2.42. The molecule has 1 fully saturated rings. The Balaban J connectivity index is 0.000000200. The highest BCUT2D eigenvalue weighted by atomic mass is 35.5. The molecule has 106 valence electrons. The van der Waals surface area contributed by atoms with Gasteiger partial charge in [0.25, 0.3) is 0 Å². The van der Waals surface area contributed by atoms with Crippen molar-refractivity contribution in [1.82, 2.24) is 5.32 Å². The summed E-state index contributed by atoms with van der Waals surface area (Å²) in [6.45, 7) is 1.89. The predicted octanol–water partition coefficient (Wildman–Crippen LogP) is 1.23. The predicted molar refractivity (Wildman–Crippen MR) is 73.9 cm³/mol. The normalized spacial score (nSPS) is 22.1. The van der Waals surface area contributed by atoms with Crippen LogP contribution in [0.3, 0.4) is 0 Å². The maximum atomic E-state index is 10.2. The molecule has 0 aliphatic carbocycles. The van der Waals surface area contributed by atoms with Crippen LogP contribution in [-0.2, 0) is 11.3 Å². The number of carbonyl (C=O) groups excluding carboxylic acids is 1. The first-order chi connectivity index (χ1) is 9.09. The molecule has 1 aliphatic rings. The summed E-state index contributed by atoms with van der Waals surface area (Å²) < 4.78 is 4.55. The number of aliphatic hydroxyl groups excluding tert-OH is 1. The van der Waals surface area contributed by atoms with Crippen LogP contribution in [0.5, 0.6) is 0 Å². The quantitative estimate of drug-likeness (QED) is 0.712. The number of benzene rings is 1. The number of halogens is 1. The van der Waals surface area contributed by atoms with Crippen LogP contribution in [0, 0.1) is 0 Å². The summed E-state index contributed by atoms with van der Waals surface area (Å²) in [4.78, 5) is 10.2. The number of nitrogens with two attached hydrogens (primary N) is 1. The Morgan fingerprint density at radius 2 is 2.16 bits per heavy atom. The first kappa shape index (κ1) is 15.9. The molecule has 1 aromatic rings. The molecule has 0 spiro atoms. The largest absolute Gasteiger partial charge is 0.449 e. The highest BCUT2D eigenvalue weighted by molar-refractivity contribution is 6.61. The van der Waals surface area contributed by atoms with Gasteiger partial charge in [-0.25, -0.2) is 4.79 Å². The molecule has 0 radical (unpaired) electrons. The zero-order valence-corrected chi connectivity index (χ0v) is 11.3. The first-order valence-corrected chi connectivity index (χ1v) is 6.48. The first-order valence-electron chi connectivity index (χ1n) is 6.10. The second-order valence-electron chi connectivity index (χ2n) is 4.24. The van der Waals surface area contributed by atoms with Crippen molar-refractivity contribution in [3.63, 3.8) is 0 Å². The summed E-state index contributed by atoms with van der Waals surface area (Å²) in [5, 5.41) is 12.1. The Bertz CT molecular complexity index is 365. The highest BCUT2D eigenvalue weighted by Gasteiger charge is 2.17. The van der Waals surface area contributed by atoms with Gasteiger partial charge in [-0.15, -0.1) is 0 Å². The van der Waals surface area contributed by atoms with E-state index in [2.05, 4.69) is 10.1 Å². The standard InChI is InChI=1S/C8H7ClO2.C5H12N2O/c9-8(10)11-6-7-4-2-1-3-5-7;6-4-3-7-2-1-5(4)8/h1-5H,6H2;4-5,7-8H,1-3,6H2. The van der Waals surface area contributed by atoms with Crippen molar-refractivity contribution in [3.8, 4) is 0 Å². The number of ether oxygens (including phenoxy) is 1. The van der Waals surface area contributed by atoms with Gasteiger partial charge in [0.2, 0.25) is 0 Å². The Morgan fingerprint density at radius 3 is 2.63 bits per heavy atom. The lowest BCUT2D eigenvalue weighted by atomic mass is 10.1. The molecule has 0 amide bonds. The van der Waals surface area contributed by atoms with E-state index < -0.39 is 5.43 Å². The van der Waals surface area contributed by atoms with Crippen molar-refractivity contribution in [1.29, 1.82) is 0 Å². The lowest BCUT2D eigenvalue weighted by Crippen LogP contribution is -2.49. The molecular formula is C13H19ClN2O3. The third-order valence-electron chi connectivity index (χ3n) is 2.69. The van der Waals surface area contributed by atoms with Crippen LogP contribution < -0.4 is 11.1 Å². The minimum atomic E-state index is -0.770. The smallest absolute Gasteiger partial charge is 0.404 e. The number of aliphatic hydroxyl groups is 1. The molecule has 1 aliphatic heterocycles. The van der Waals surface area contributed by atoms with E-state index >= 15 is 0 Å². The molecule has 2 atom stereocenters. The van der Waals surface area contributed by atoms with Crippen molar-refractivity contribution in [2.24, 2.45) is 5.73 Å². The van der Waals surface area contributed by atoms with E-state index in [-0.39, 0.29) is 18.8 Å². The van der Waals surface area contributed by atoms with Crippen molar-refractivity contribution in [2.75, 3.05) is 13.1 Å². The molecule has 6 heteroatoms. The van der Waals surface area contributed by atoms with Gasteiger partial charge in [-0.3, -0.25) is 0 Å². The Hall–Kier alpha value is -1.14. The lowest BCUT2D eigenvalue weighted by molar-refractivity contribution is 0.116. The van der Waals surface area contributed by atoms with Gasteiger partial charge in [-0.05, 0) is 18.5 Å². The maximum Gasteiger partial charge on any atom is 0.404 e. The lowest BCUT2D eigenvalue weighted by Gasteiger charge is -2.24. The van der Waals surface area contributed by atoms with Crippen LogP contribution in [0.2, 0.25) is 0 Å². The number of piperidine rings is 1. The van der Waals surface area contributed by atoms with E-state index in [1.54, 1.807) is 0 Å². The Labute approximate surface area is 117 Å². The van der Waals surface area contributed by atoms with Gasteiger partial charge in [0.15, 0.2) is 0 Å². The molecule has 1 aromatic carbocycles. The summed E-state index contributed by atoms with van der Waals surface area (Å²) >= 11 is 4.97. The molecule has 2 unspecified atom stereocenters. The fourth-order valence-corrected chi connectivity index (χ4v) is 1.64. The monoisotopic (exact) mass is 286 g/mol. The molecule has 2 rings (SSSR count). The summed E-state index contributed by atoms with van der Waals surface area (Å²) in [6, 6.07) is 9.31. The van der Waals surface area contributed by atoms with Gasteiger partial charge in [0.1, 0.15) is 6.61 Å². The fourth-order valence-electron chi connectivity index (χ4n) is 1.58. The van der Waals surface area contributed by atoms with Gasteiger partial charge >= 0.3 is 5.43 Å². The number of rotatable bonds is 2. The van der Waals surface area contributed by atoms with E-state index in [1.165, 1.54) is 0 Å². The zero-order valence-electron chi connectivity index (χ0n) is 10.6. The molecule has 1 heterocycles. The van der Waals surface area contributed by atoms with Crippen LogP contribution in [-0.4, -0.2) is 35.8 Å². The Kier molecular flexibility index (Phi) is 7.43. The zero-order chi connectivity index (χ0) is 14.1. The van der Waals surface area contributed by atoms with Crippen molar-refractivity contribution in [2.45, 2.75) is 25.2 Å². The van der Waals surface area contributed by atoms with Gasteiger partial charge in [-0.1, -0.05) is 30.3 Å². The molecule has 4 N–H and O–H groups in total. The van der Waals surface area contributed by atoms with Crippen LogP contribution in [0.4, 0.5) is 4.79 Å². The van der Waals surface area contributed by atoms with E-state index in [0.717, 1.165) is 25.1 Å². The number of nitrogens with one attached hydrogen (secondary N) is 1. The van der Waals surface area contributed by atoms with E-state index in [9.17, 15) is 4.79 Å². The van der Waals surface area contributed by atoms with E-state index in [4.69, 9.17) is 22.4 Å². The highest BCUT2D eigenvalue weighted by Crippen LogP contribution is 2.01. The van der Waals surface area contributed by atoms with Crippen LogP contribution in [0.1, 0.15) is 12.0 Å². The van der Waals surface area contributed by atoms with Crippen LogP contribution >= 0.6 is 11.6 Å². The SMILES string of the molecule is NC1CNCCC1O.O=C(Cl)OCc1ccccc1. The summed E-state index contributed by atoms with van der Waals surface area (Å²) in [5.74, 6) is 0. The molecule has 1 saturated heterocycles. The minimum Gasteiger partial charge on any atom is -0.449 e. The summed E-state index contributed by atoms with van der Waals surface area (Å²) in [5.41, 5.74) is 5.63. The maximum absolute atomic E-state index is 10.2. The molecule has 0 aromatic heterocycles. The third-order valence-corrected chi connectivity index (χ3v) is 2.80. The third kappa shape index (κ3) is 7.12. The van der Waals surface area contributed by atoms with Gasteiger partial charge in [0, 0.05) is 24.2 Å². The van der Waals surface area contributed by atoms with Gasteiger partial charge < -0.3 is 20.9 Å². The number of hydrogen-bond acceptors (Lipinski definition) is 5. The average molecular weight is 287 g/mol. The minimum absolute atomic E-state index is 0.0521. The summed E-state index contributed by atoms with van der Waals surface area (Å²) in [6.07, 6.45) is 0.512. The van der Waals surface area contributed by atoms with Crippen molar-refractivity contribution >= 4 is 17.0 Å². The second kappa shape index (κ2) is 8.87. The van der Waals surface area contributed by atoms with Gasteiger partial charge in [0.05, 0.1) is 6.10 Å². The van der Waals surface area contributed by atoms with E-state index in [0.29, 0.717) is 0 Å². The molecule has 5 nitrogen and oxygen atoms in total. The number of carbonyl (C=O) groups is 1. The molecular weight excluding hydrogens is 268 g/mol. The molecule has 19 heavy (non-hydrogen) atoms. The van der Waals surface area contributed by atoms with E-state index in [1.807, 2.05) is 30.3 Å². The van der Waals surface area contributed by atoms with Crippen molar-refractivity contribution in [3.05, 3.63) is 35.9 Å². The Morgan fingerprint density at radius 1 is 1.47 bits per heavy atom. The van der Waals surface area contributed by atoms with Crippen LogP contribution in [0.15, 0.2) is 30.3 Å². The topological polar surface area (TPSA) is 84.6 Å². The second-order valence-corrected chi connectivity index (χ2v) is 4.54. The number of hydrogen-bond donors (Lipinski definition) is 3. The van der Waals surface area contributed by atoms with Gasteiger partial charge in [-0.2, -0.15) is 0 Å². The summed E-state index contributed by atoms with van der Waals surface area (Å²) in [7, 11) is 0. The van der Waals surface area contributed by atoms with Crippen molar-refractivity contribution < 1.29 is 14.6 Å². The fraction of sp³-hybridized carbons (Fsp3) is 0.462. The molecule has 0 saturated carbocycles. The molecule has 0 bridgehead atoms. The van der Waals surface area contributed by atoms with Crippen LogP contribution in [0.25, 0.3) is 0 Å².